The van der Waals surface area contributed by atoms with E-state index in [4.69, 9.17) is 0 Å². The Morgan fingerprint density at radius 1 is 1.38 bits per heavy atom. The Hall–Kier alpha value is -0.930. The standard InChI is InChI=1S/C13H16FNS/c1-3-4-11(15-2)13-8-9-7-10(14)5-6-12(9)16-13/h5-8,11,15H,3-4H2,1-2H3. The number of hydrogen-bond acceptors (Lipinski definition) is 2. The van der Waals surface area contributed by atoms with Crippen LogP contribution in [0.25, 0.3) is 10.1 Å². The van der Waals surface area contributed by atoms with E-state index < -0.39 is 0 Å². The third kappa shape index (κ3) is 2.25. The molecule has 0 aliphatic rings. The molecule has 0 radical (unpaired) electrons. The van der Waals surface area contributed by atoms with Gasteiger partial charge in [-0.15, -0.1) is 11.3 Å². The molecule has 1 heterocycles. The van der Waals surface area contributed by atoms with Crippen molar-refractivity contribution in [2.45, 2.75) is 25.8 Å². The molecule has 0 aliphatic carbocycles. The van der Waals surface area contributed by atoms with Crippen molar-refractivity contribution < 1.29 is 4.39 Å². The lowest BCUT2D eigenvalue weighted by Crippen LogP contribution is -2.14. The number of thiophene rings is 1. The molecule has 16 heavy (non-hydrogen) atoms. The molecule has 2 aromatic rings. The lowest BCUT2D eigenvalue weighted by Gasteiger charge is -2.12. The van der Waals surface area contributed by atoms with Crippen molar-refractivity contribution in [2.75, 3.05) is 7.05 Å². The summed E-state index contributed by atoms with van der Waals surface area (Å²) in [7, 11) is 1.98. The van der Waals surface area contributed by atoms with Crippen LogP contribution >= 0.6 is 11.3 Å². The first-order valence-corrected chi connectivity index (χ1v) is 6.42. The molecule has 1 aromatic carbocycles. The minimum Gasteiger partial charge on any atom is -0.312 e. The van der Waals surface area contributed by atoms with Crippen LogP contribution < -0.4 is 5.32 Å². The highest BCUT2D eigenvalue weighted by molar-refractivity contribution is 7.19. The van der Waals surface area contributed by atoms with Gasteiger partial charge >= 0.3 is 0 Å². The summed E-state index contributed by atoms with van der Waals surface area (Å²) in [6.07, 6.45) is 2.26. The van der Waals surface area contributed by atoms with Gasteiger partial charge in [0, 0.05) is 15.6 Å². The minimum absolute atomic E-state index is 0.159. The number of hydrogen-bond donors (Lipinski definition) is 1. The SMILES string of the molecule is CCCC(NC)c1cc2cc(F)ccc2s1. The van der Waals surface area contributed by atoms with Crippen LogP contribution in [0.15, 0.2) is 24.3 Å². The van der Waals surface area contributed by atoms with Crippen LogP contribution in [0.1, 0.15) is 30.7 Å². The molecule has 0 spiro atoms. The number of benzene rings is 1. The van der Waals surface area contributed by atoms with Gasteiger partial charge in [-0.05, 0) is 43.1 Å². The molecule has 1 nitrogen and oxygen atoms in total. The Morgan fingerprint density at radius 3 is 2.88 bits per heavy atom. The van der Waals surface area contributed by atoms with Crippen molar-refractivity contribution in [3.05, 3.63) is 35.0 Å². The molecule has 1 aromatic heterocycles. The van der Waals surface area contributed by atoms with Crippen LogP contribution in [-0.4, -0.2) is 7.05 Å². The maximum atomic E-state index is 13.1. The maximum absolute atomic E-state index is 13.1. The Morgan fingerprint density at radius 2 is 2.19 bits per heavy atom. The number of halogens is 1. The lowest BCUT2D eigenvalue weighted by molar-refractivity contribution is 0.550. The number of fused-ring (bicyclic) bond motifs is 1. The van der Waals surface area contributed by atoms with Crippen molar-refractivity contribution in [2.24, 2.45) is 0 Å². The highest BCUT2D eigenvalue weighted by atomic mass is 32.1. The highest BCUT2D eigenvalue weighted by Gasteiger charge is 2.11. The summed E-state index contributed by atoms with van der Waals surface area (Å²) in [5.74, 6) is -0.159. The zero-order valence-electron chi connectivity index (χ0n) is 9.59. The predicted molar refractivity (Wildman–Crippen MR) is 68.5 cm³/mol. The fourth-order valence-electron chi connectivity index (χ4n) is 1.92. The van der Waals surface area contributed by atoms with Gasteiger partial charge in [0.1, 0.15) is 5.82 Å². The highest BCUT2D eigenvalue weighted by Crippen LogP contribution is 2.32. The van der Waals surface area contributed by atoms with Crippen LogP contribution in [0.3, 0.4) is 0 Å². The first kappa shape index (κ1) is 11.6. The second-order valence-corrected chi connectivity index (χ2v) is 5.08. The minimum atomic E-state index is -0.159. The Balaban J connectivity index is 2.37. The summed E-state index contributed by atoms with van der Waals surface area (Å²) < 4.78 is 14.2. The van der Waals surface area contributed by atoms with Crippen molar-refractivity contribution in [1.29, 1.82) is 0 Å². The van der Waals surface area contributed by atoms with E-state index in [9.17, 15) is 4.39 Å². The smallest absolute Gasteiger partial charge is 0.123 e. The normalized spacial score (nSPS) is 13.2. The summed E-state index contributed by atoms with van der Waals surface area (Å²) in [4.78, 5) is 1.30. The molecule has 3 heteroatoms. The third-order valence-corrected chi connectivity index (χ3v) is 4.00. The molecule has 1 N–H and O–H groups in total. The number of rotatable bonds is 4. The van der Waals surface area contributed by atoms with Crippen LogP contribution in [-0.2, 0) is 0 Å². The van der Waals surface area contributed by atoms with Crippen LogP contribution in [0.2, 0.25) is 0 Å². The summed E-state index contributed by atoms with van der Waals surface area (Å²) in [6, 6.07) is 7.48. The molecule has 1 unspecified atom stereocenters. The molecule has 1 atom stereocenters. The summed E-state index contributed by atoms with van der Waals surface area (Å²) in [5, 5.41) is 4.32. The lowest BCUT2D eigenvalue weighted by atomic mass is 10.1. The Kier molecular flexibility index (Phi) is 3.56. The van der Waals surface area contributed by atoms with Crippen molar-refractivity contribution in [3.63, 3.8) is 0 Å². The Bertz CT molecular complexity index is 478. The van der Waals surface area contributed by atoms with E-state index in [0.717, 1.165) is 22.9 Å². The zero-order valence-corrected chi connectivity index (χ0v) is 10.4. The molecule has 0 aliphatic heterocycles. The monoisotopic (exact) mass is 237 g/mol. The van der Waals surface area contributed by atoms with Crippen LogP contribution in [0.4, 0.5) is 4.39 Å². The van der Waals surface area contributed by atoms with Crippen molar-refractivity contribution in [1.82, 2.24) is 5.32 Å². The van der Waals surface area contributed by atoms with E-state index in [1.54, 1.807) is 17.4 Å². The molecule has 2 rings (SSSR count). The van der Waals surface area contributed by atoms with E-state index in [0.29, 0.717) is 6.04 Å². The van der Waals surface area contributed by atoms with E-state index in [-0.39, 0.29) is 5.82 Å². The second kappa shape index (κ2) is 4.93. The fraction of sp³-hybridized carbons (Fsp3) is 0.385. The van der Waals surface area contributed by atoms with Gasteiger partial charge in [0.2, 0.25) is 0 Å². The second-order valence-electron chi connectivity index (χ2n) is 3.96. The van der Waals surface area contributed by atoms with Gasteiger partial charge in [-0.25, -0.2) is 4.39 Å². The summed E-state index contributed by atoms with van der Waals surface area (Å²) in [6.45, 7) is 2.18. The van der Waals surface area contributed by atoms with Crippen molar-refractivity contribution in [3.8, 4) is 0 Å². The number of nitrogens with one attached hydrogen (secondary N) is 1. The fourth-order valence-corrected chi connectivity index (χ4v) is 3.11. The van der Waals surface area contributed by atoms with Crippen molar-refractivity contribution >= 4 is 21.4 Å². The first-order chi connectivity index (χ1) is 7.74. The summed E-state index contributed by atoms with van der Waals surface area (Å²) in [5.41, 5.74) is 0. The van der Waals surface area contributed by atoms with Gasteiger partial charge in [-0.3, -0.25) is 0 Å². The molecule has 0 amide bonds. The summed E-state index contributed by atoms with van der Waals surface area (Å²) >= 11 is 1.75. The predicted octanol–water partition coefficient (Wildman–Crippen LogP) is 4.10. The van der Waals surface area contributed by atoms with E-state index in [1.807, 2.05) is 13.1 Å². The van der Waals surface area contributed by atoms with Gasteiger partial charge in [-0.1, -0.05) is 13.3 Å². The van der Waals surface area contributed by atoms with E-state index in [2.05, 4.69) is 18.3 Å². The molecular weight excluding hydrogens is 221 g/mol. The van der Waals surface area contributed by atoms with E-state index in [1.165, 1.54) is 10.9 Å². The average molecular weight is 237 g/mol. The molecule has 86 valence electrons. The average Bonchev–Trinajstić information content (AvgIpc) is 2.68. The van der Waals surface area contributed by atoms with Crippen LogP contribution in [0, 0.1) is 5.82 Å². The zero-order chi connectivity index (χ0) is 11.5. The third-order valence-electron chi connectivity index (χ3n) is 2.77. The van der Waals surface area contributed by atoms with Gasteiger partial charge in [0.15, 0.2) is 0 Å². The molecular formula is C13H16FNS. The van der Waals surface area contributed by atoms with Gasteiger partial charge in [-0.2, -0.15) is 0 Å². The molecule has 0 saturated carbocycles. The quantitative estimate of drug-likeness (QED) is 0.844. The van der Waals surface area contributed by atoms with Gasteiger partial charge < -0.3 is 5.32 Å². The molecule has 0 saturated heterocycles. The topological polar surface area (TPSA) is 12.0 Å². The largest absolute Gasteiger partial charge is 0.312 e. The first-order valence-electron chi connectivity index (χ1n) is 5.61. The Labute approximate surface area is 99.3 Å². The van der Waals surface area contributed by atoms with Gasteiger partial charge in [0.05, 0.1) is 0 Å². The van der Waals surface area contributed by atoms with Crippen LogP contribution in [0.5, 0.6) is 0 Å². The van der Waals surface area contributed by atoms with Gasteiger partial charge in [0.25, 0.3) is 0 Å². The van der Waals surface area contributed by atoms with E-state index >= 15 is 0 Å². The molecule has 0 bridgehead atoms. The maximum Gasteiger partial charge on any atom is 0.123 e. The molecule has 0 fully saturated rings.